The Morgan fingerprint density at radius 1 is 1.12 bits per heavy atom. The lowest BCUT2D eigenvalue weighted by Crippen LogP contribution is -2.46. The Bertz CT molecular complexity index is 869. The van der Waals surface area contributed by atoms with Crippen molar-refractivity contribution >= 4 is 5.91 Å². The topological polar surface area (TPSA) is 95.4 Å². The van der Waals surface area contributed by atoms with Crippen molar-refractivity contribution in [3.8, 4) is 5.75 Å². The van der Waals surface area contributed by atoms with Crippen LogP contribution in [-0.2, 0) is 17.8 Å². The quantitative estimate of drug-likeness (QED) is 0.842. The van der Waals surface area contributed by atoms with Crippen molar-refractivity contribution in [2.45, 2.75) is 44.7 Å². The molecule has 1 aromatic carbocycles. The highest BCUT2D eigenvalue weighted by atomic mass is 16.3. The van der Waals surface area contributed by atoms with E-state index >= 15 is 0 Å². The smallest absolute Gasteiger partial charge is 0.265 e. The van der Waals surface area contributed by atoms with E-state index in [1.165, 1.54) is 6.07 Å². The van der Waals surface area contributed by atoms with Crippen LogP contribution in [0.15, 0.2) is 46.0 Å². The maximum Gasteiger partial charge on any atom is 0.265 e. The lowest BCUT2D eigenvalue weighted by Gasteiger charge is -2.36. The molecule has 0 spiro atoms. The Morgan fingerprint density at radius 3 is 2.65 bits per heavy atom. The molecular formula is C19H23N3O4. The first-order valence-corrected chi connectivity index (χ1v) is 8.90. The average Bonchev–Trinajstić information content (AvgIpc) is 2.64. The number of likely N-dealkylation sites (tertiary alicyclic amines) is 1. The predicted octanol–water partition coefficient (Wildman–Crippen LogP) is 1.26. The number of nitrogens with one attached hydrogen (secondary N) is 1. The number of nitrogens with zero attached hydrogens (tertiary/aromatic N) is 2. The molecule has 7 nitrogen and oxygen atoms in total. The van der Waals surface area contributed by atoms with Crippen molar-refractivity contribution in [2.75, 3.05) is 6.54 Å². The number of hydrogen-bond acceptors (Lipinski definition) is 4. The van der Waals surface area contributed by atoms with Gasteiger partial charge in [0.25, 0.3) is 11.1 Å². The summed E-state index contributed by atoms with van der Waals surface area (Å²) in [6.45, 7) is 0.523. The van der Waals surface area contributed by atoms with E-state index in [4.69, 9.17) is 0 Å². The fourth-order valence-electron chi connectivity index (χ4n) is 3.43. The molecule has 1 atom stereocenters. The van der Waals surface area contributed by atoms with Gasteiger partial charge in [0.15, 0.2) is 0 Å². The number of benzene rings is 1. The van der Waals surface area contributed by atoms with Gasteiger partial charge in [0.1, 0.15) is 12.3 Å². The van der Waals surface area contributed by atoms with E-state index in [0.717, 1.165) is 48.4 Å². The summed E-state index contributed by atoms with van der Waals surface area (Å²) < 4.78 is 1.07. The predicted molar refractivity (Wildman–Crippen MR) is 97.1 cm³/mol. The number of aryl methyl sites for hydroxylation is 1. The molecule has 0 aliphatic carbocycles. The highest BCUT2D eigenvalue weighted by molar-refractivity contribution is 5.76. The number of aromatic hydroxyl groups is 1. The van der Waals surface area contributed by atoms with Gasteiger partial charge in [-0.05, 0) is 49.8 Å². The number of carbonyl (C=O) groups is 1. The van der Waals surface area contributed by atoms with Crippen LogP contribution in [0.3, 0.4) is 0 Å². The minimum Gasteiger partial charge on any atom is -0.508 e. The van der Waals surface area contributed by atoms with Crippen molar-refractivity contribution in [3.05, 3.63) is 62.7 Å². The molecule has 2 N–H and O–H groups in total. The summed E-state index contributed by atoms with van der Waals surface area (Å²) in [6.07, 6.45) is 4.60. The highest BCUT2D eigenvalue weighted by Crippen LogP contribution is 2.22. The maximum atomic E-state index is 12.7. The van der Waals surface area contributed by atoms with E-state index in [0.29, 0.717) is 6.54 Å². The molecule has 1 aliphatic rings. The van der Waals surface area contributed by atoms with Gasteiger partial charge in [-0.3, -0.25) is 19.5 Å². The lowest BCUT2D eigenvalue weighted by atomic mass is 9.95. The minimum absolute atomic E-state index is 0.121. The second-order valence-corrected chi connectivity index (χ2v) is 6.68. The summed E-state index contributed by atoms with van der Waals surface area (Å²) in [7, 11) is 0. The maximum absolute atomic E-state index is 12.7. The Morgan fingerprint density at radius 2 is 1.88 bits per heavy atom. The van der Waals surface area contributed by atoms with Crippen LogP contribution in [-0.4, -0.2) is 38.3 Å². The van der Waals surface area contributed by atoms with Gasteiger partial charge in [0.05, 0.1) is 0 Å². The number of piperidine rings is 1. The van der Waals surface area contributed by atoms with Crippen LogP contribution in [0.25, 0.3) is 0 Å². The normalized spacial score (nSPS) is 17.2. The van der Waals surface area contributed by atoms with E-state index in [-0.39, 0.29) is 24.2 Å². The van der Waals surface area contributed by atoms with Crippen molar-refractivity contribution in [1.29, 1.82) is 0 Å². The summed E-state index contributed by atoms with van der Waals surface area (Å²) in [5.74, 6) is 0.0925. The van der Waals surface area contributed by atoms with Crippen molar-refractivity contribution in [2.24, 2.45) is 0 Å². The van der Waals surface area contributed by atoms with Crippen molar-refractivity contribution in [3.63, 3.8) is 0 Å². The summed E-state index contributed by atoms with van der Waals surface area (Å²) >= 11 is 0. The first-order valence-electron chi connectivity index (χ1n) is 8.90. The van der Waals surface area contributed by atoms with Gasteiger partial charge in [0, 0.05) is 24.7 Å². The number of carbonyl (C=O) groups excluding carboxylic acids is 1. The monoisotopic (exact) mass is 357 g/mol. The molecule has 26 heavy (non-hydrogen) atoms. The first kappa shape index (κ1) is 18.0. The molecule has 3 rings (SSSR count). The van der Waals surface area contributed by atoms with E-state index in [9.17, 15) is 19.5 Å². The van der Waals surface area contributed by atoms with E-state index in [2.05, 4.69) is 5.10 Å². The SMILES string of the molecule is O=C(Cn1[nH]c(=O)ccc1=O)N1CCCC[C@@H]1CCc1ccc(O)cc1. The summed E-state index contributed by atoms with van der Waals surface area (Å²) in [5.41, 5.74) is 0.319. The number of phenols is 1. The Hall–Kier alpha value is -2.83. The van der Waals surface area contributed by atoms with Gasteiger partial charge in [-0.2, -0.15) is 0 Å². The Kier molecular flexibility index (Phi) is 5.55. The van der Waals surface area contributed by atoms with Gasteiger partial charge in [-0.15, -0.1) is 0 Å². The minimum atomic E-state index is -0.403. The van der Waals surface area contributed by atoms with Crippen LogP contribution in [0.5, 0.6) is 5.75 Å². The van der Waals surface area contributed by atoms with Crippen LogP contribution in [0.1, 0.15) is 31.2 Å². The number of hydrogen-bond donors (Lipinski definition) is 2. The Balaban J connectivity index is 1.66. The molecule has 0 radical (unpaired) electrons. The molecule has 1 amide bonds. The summed E-state index contributed by atoms with van der Waals surface area (Å²) in [4.78, 5) is 37.7. The van der Waals surface area contributed by atoms with E-state index in [1.54, 1.807) is 12.1 Å². The molecule has 1 fully saturated rings. The number of aromatic amines is 1. The lowest BCUT2D eigenvalue weighted by molar-refractivity contribution is -0.136. The van der Waals surface area contributed by atoms with Crippen molar-refractivity contribution < 1.29 is 9.90 Å². The van der Waals surface area contributed by atoms with Gasteiger partial charge in [-0.1, -0.05) is 12.1 Å². The van der Waals surface area contributed by atoms with Crippen LogP contribution in [0.2, 0.25) is 0 Å². The number of phenolic OH excluding ortho intramolecular Hbond substituents is 1. The fraction of sp³-hybridized carbons (Fsp3) is 0.421. The Labute approximate surface area is 150 Å². The fourth-order valence-corrected chi connectivity index (χ4v) is 3.43. The summed E-state index contributed by atoms with van der Waals surface area (Å²) in [6, 6.07) is 9.55. The molecule has 0 unspecified atom stereocenters. The molecule has 0 saturated carbocycles. The van der Waals surface area contributed by atoms with E-state index < -0.39 is 11.1 Å². The molecular weight excluding hydrogens is 334 g/mol. The molecule has 1 aromatic heterocycles. The van der Waals surface area contributed by atoms with Crippen LogP contribution >= 0.6 is 0 Å². The molecule has 2 aromatic rings. The number of rotatable bonds is 5. The molecule has 138 valence electrons. The second kappa shape index (κ2) is 8.03. The standard InChI is InChI=1S/C19H23N3O4/c23-16-8-5-14(6-9-16)4-7-15-3-1-2-12-21(15)19(26)13-22-18(25)11-10-17(24)20-22/h5-6,8-11,15,23H,1-4,7,12-13H2,(H,20,24)/t15-/m1/s1. The highest BCUT2D eigenvalue weighted by Gasteiger charge is 2.26. The number of aromatic nitrogens is 2. The molecule has 7 heteroatoms. The molecule has 1 saturated heterocycles. The third-order valence-electron chi connectivity index (χ3n) is 4.83. The second-order valence-electron chi connectivity index (χ2n) is 6.68. The third-order valence-corrected chi connectivity index (χ3v) is 4.83. The first-order chi connectivity index (χ1) is 12.5. The largest absolute Gasteiger partial charge is 0.508 e. The van der Waals surface area contributed by atoms with Crippen LogP contribution < -0.4 is 11.1 Å². The third kappa shape index (κ3) is 4.41. The van der Waals surface area contributed by atoms with Crippen LogP contribution in [0.4, 0.5) is 0 Å². The number of H-pyrrole nitrogens is 1. The summed E-state index contributed by atoms with van der Waals surface area (Å²) in [5, 5.41) is 11.8. The zero-order valence-corrected chi connectivity index (χ0v) is 14.6. The van der Waals surface area contributed by atoms with Gasteiger partial charge in [0.2, 0.25) is 5.91 Å². The molecule has 1 aliphatic heterocycles. The van der Waals surface area contributed by atoms with Gasteiger partial charge >= 0.3 is 0 Å². The molecule has 0 bridgehead atoms. The molecule has 2 heterocycles. The average molecular weight is 357 g/mol. The van der Waals surface area contributed by atoms with Crippen LogP contribution in [0, 0.1) is 0 Å². The zero-order chi connectivity index (χ0) is 18.5. The van der Waals surface area contributed by atoms with Gasteiger partial charge < -0.3 is 10.0 Å². The van der Waals surface area contributed by atoms with Gasteiger partial charge in [-0.25, -0.2) is 4.68 Å². The number of amides is 1. The van der Waals surface area contributed by atoms with E-state index in [1.807, 2.05) is 17.0 Å². The zero-order valence-electron chi connectivity index (χ0n) is 14.6. The van der Waals surface area contributed by atoms with Crippen molar-refractivity contribution in [1.82, 2.24) is 14.7 Å².